The van der Waals surface area contributed by atoms with Crippen molar-refractivity contribution >= 4 is 5.91 Å². The van der Waals surface area contributed by atoms with E-state index in [0.717, 1.165) is 38.2 Å². The van der Waals surface area contributed by atoms with Gasteiger partial charge in [0.15, 0.2) is 0 Å². The number of hydrogen-bond acceptors (Lipinski definition) is 4. The molecule has 1 aliphatic heterocycles. The Hall–Kier alpha value is -1.40. The Morgan fingerprint density at radius 3 is 2.94 bits per heavy atom. The second-order valence-electron chi connectivity index (χ2n) is 4.69. The number of hydrogen-bond donors (Lipinski definition) is 3. The van der Waals surface area contributed by atoms with E-state index in [0.29, 0.717) is 12.6 Å². The molecule has 100 valence electrons. The van der Waals surface area contributed by atoms with Crippen molar-refractivity contribution in [1.82, 2.24) is 25.7 Å². The zero-order valence-electron chi connectivity index (χ0n) is 10.8. The third kappa shape index (κ3) is 3.82. The molecule has 2 rings (SSSR count). The number of carbonyl (C=O) groups excluding carboxylic acids is 1. The van der Waals surface area contributed by atoms with E-state index < -0.39 is 0 Å². The molecule has 0 unspecified atom stereocenters. The highest BCUT2D eigenvalue weighted by atomic mass is 16.1. The molecule has 6 heteroatoms. The lowest BCUT2D eigenvalue weighted by Gasteiger charge is -2.31. The van der Waals surface area contributed by atoms with Gasteiger partial charge in [-0.2, -0.15) is 5.10 Å². The number of nitrogens with zero attached hydrogens (tertiary/aromatic N) is 2. The fraction of sp³-hybridized carbons (Fsp3) is 0.667. The topological polar surface area (TPSA) is 73.1 Å². The van der Waals surface area contributed by atoms with Gasteiger partial charge in [-0.25, -0.2) is 0 Å². The van der Waals surface area contributed by atoms with Crippen molar-refractivity contribution in [2.24, 2.45) is 0 Å². The number of aromatic amines is 1. The van der Waals surface area contributed by atoms with Crippen molar-refractivity contribution < 1.29 is 4.79 Å². The Balaban J connectivity index is 1.65. The van der Waals surface area contributed by atoms with Crippen LogP contribution in [0.3, 0.4) is 0 Å². The predicted molar refractivity (Wildman–Crippen MR) is 69.0 cm³/mol. The molecule has 0 saturated carbocycles. The molecule has 0 bridgehead atoms. The first-order chi connectivity index (χ1) is 8.78. The molecule has 2 heterocycles. The summed E-state index contributed by atoms with van der Waals surface area (Å²) >= 11 is 0. The van der Waals surface area contributed by atoms with Gasteiger partial charge in [-0.15, -0.1) is 0 Å². The van der Waals surface area contributed by atoms with E-state index in [-0.39, 0.29) is 5.91 Å². The van der Waals surface area contributed by atoms with Gasteiger partial charge in [0.1, 0.15) is 0 Å². The summed E-state index contributed by atoms with van der Waals surface area (Å²) in [5, 5.41) is 13.0. The van der Waals surface area contributed by atoms with Crippen molar-refractivity contribution in [1.29, 1.82) is 0 Å². The van der Waals surface area contributed by atoms with Gasteiger partial charge in [0.25, 0.3) is 0 Å². The first kappa shape index (κ1) is 13.0. The van der Waals surface area contributed by atoms with E-state index in [2.05, 4.69) is 25.7 Å². The lowest BCUT2D eigenvalue weighted by molar-refractivity contribution is -0.122. The van der Waals surface area contributed by atoms with Gasteiger partial charge in [-0.3, -0.25) is 14.8 Å². The van der Waals surface area contributed by atoms with Gasteiger partial charge >= 0.3 is 0 Å². The minimum atomic E-state index is 0.0962. The maximum absolute atomic E-state index is 11.3. The summed E-state index contributed by atoms with van der Waals surface area (Å²) in [7, 11) is 1.68. The average molecular weight is 251 g/mol. The zero-order chi connectivity index (χ0) is 12.8. The monoisotopic (exact) mass is 251 g/mol. The van der Waals surface area contributed by atoms with E-state index in [4.69, 9.17) is 0 Å². The molecule has 0 atom stereocenters. The molecular weight excluding hydrogens is 230 g/mol. The molecule has 1 aromatic rings. The molecule has 0 radical (unpaired) electrons. The van der Waals surface area contributed by atoms with Gasteiger partial charge in [0.2, 0.25) is 5.91 Å². The molecule has 18 heavy (non-hydrogen) atoms. The Morgan fingerprint density at radius 2 is 2.33 bits per heavy atom. The molecule has 1 amide bonds. The Bertz CT molecular complexity index is 357. The van der Waals surface area contributed by atoms with E-state index in [9.17, 15) is 4.79 Å². The van der Waals surface area contributed by atoms with Gasteiger partial charge in [-0.1, -0.05) is 0 Å². The lowest BCUT2D eigenvalue weighted by Crippen LogP contribution is -2.45. The maximum Gasteiger partial charge on any atom is 0.233 e. The van der Waals surface area contributed by atoms with E-state index in [1.165, 1.54) is 0 Å². The summed E-state index contributed by atoms with van der Waals surface area (Å²) in [5.41, 5.74) is 1.11. The highest BCUT2D eigenvalue weighted by molar-refractivity contribution is 5.77. The van der Waals surface area contributed by atoms with E-state index in [1.807, 2.05) is 6.07 Å². The van der Waals surface area contributed by atoms with Crippen LogP contribution in [0.2, 0.25) is 0 Å². The fourth-order valence-electron chi connectivity index (χ4n) is 2.21. The fourth-order valence-corrected chi connectivity index (χ4v) is 2.21. The van der Waals surface area contributed by atoms with Gasteiger partial charge in [0, 0.05) is 44.6 Å². The minimum absolute atomic E-state index is 0.0962. The second kappa shape index (κ2) is 6.51. The minimum Gasteiger partial charge on any atom is -0.358 e. The smallest absolute Gasteiger partial charge is 0.233 e. The number of piperidine rings is 1. The lowest BCUT2D eigenvalue weighted by atomic mass is 10.0. The van der Waals surface area contributed by atoms with Crippen LogP contribution in [0.4, 0.5) is 0 Å². The van der Waals surface area contributed by atoms with Crippen LogP contribution >= 0.6 is 0 Å². The SMILES string of the molecule is CNC(=O)CN1CCC(NCc2ccn[nH]2)CC1. The van der Waals surface area contributed by atoms with Crippen LogP contribution in [0.5, 0.6) is 0 Å². The molecule has 0 aliphatic carbocycles. The molecule has 1 aliphatic rings. The van der Waals surface area contributed by atoms with Crippen LogP contribution in [0.15, 0.2) is 12.3 Å². The summed E-state index contributed by atoms with van der Waals surface area (Å²) in [4.78, 5) is 13.5. The summed E-state index contributed by atoms with van der Waals surface area (Å²) in [6.45, 7) is 3.31. The van der Waals surface area contributed by atoms with Crippen LogP contribution in [-0.2, 0) is 11.3 Å². The Morgan fingerprint density at radius 1 is 1.56 bits per heavy atom. The number of likely N-dealkylation sites (N-methyl/N-ethyl adjacent to an activating group) is 1. The van der Waals surface area contributed by atoms with Gasteiger partial charge in [0.05, 0.1) is 6.54 Å². The van der Waals surface area contributed by atoms with Crippen LogP contribution < -0.4 is 10.6 Å². The predicted octanol–water partition coefficient (Wildman–Crippen LogP) is -0.290. The maximum atomic E-state index is 11.3. The summed E-state index contributed by atoms with van der Waals surface area (Å²) in [6, 6.07) is 2.52. The normalized spacial score (nSPS) is 17.8. The van der Waals surface area contributed by atoms with Crippen LogP contribution in [0.25, 0.3) is 0 Å². The molecule has 1 aromatic heterocycles. The van der Waals surface area contributed by atoms with Crippen molar-refractivity contribution in [3.63, 3.8) is 0 Å². The third-order valence-electron chi connectivity index (χ3n) is 3.37. The standard InChI is InChI=1S/C12H21N5O/c1-13-12(18)9-17-6-3-10(4-7-17)14-8-11-2-5-15-16-11/h2,5,10,14H,3-4,6-9H2,1H3,(H,13,18)(H,15,16). The highest BCUT2D eigenvalue weighted by Crippen LogP contribution is 2.10. The molecular formula is C12H21N5O. The Kier molecular flexibility index (Phi) is 4.72. The van der Waals surface area contributed by atoms with Crippen LogP contribution in [0.1, 0.15) is 18.5 Å². The highest BCUT2D eigenvalue weighted by Gasteiger charge is 2.19. The van der Waals surface area contributed by atoms with E-state index in [1.54, 1.807) is 13.2 Å². The zero-order valence-corrected chi connectivity index (χ0v) is 10.8. The molecule has 6 nitrogen and oxygen atoms in total. The number of nitrogens with one attached hydrogen (secondary N) is 3. The van der Waals surface area contributed by atoms with E-state index >= 15 is 0 Å². The number of carbonyl (C=O) groups is 1. The number of H-pyrrole nitrogens is 1. The van der Waals surface area contributed by atoms with Crippen LogP contribution in [-0.4, -0.2) is 53.7 Å². The van der Waals surface area contributed by atoms with Crippen molar-refractivity contribution in [3.05, 3.63) is 18.0 Å². The number of aromatic nitrogens is 2. The summed E-state index contributed by atoms with van der Waals surface area (Å²) in [6.07, 6.45) is 3.94. The molecule has 3 N–H and O–H groups in total. The largest absolute Gasteiger partial charge is 0.358 e. The first-order valence-electron chi connectivity index (χ1n) is 6.42. The summed E-state index contributed by atoms with van der Waals surface area (Å²) < 4.78 is 0. The molecule has 0 aromatic carbocycles. The molecule has 0 spiro atoms. The number of rotatable bonds is 5. The molecule has 1 saturated heterocycles. The second-order valence-corrected chi connectivity index (χ2v) is 4.69. The van der Waals surface area contributed by atoms with Crippen molar-refractivity contribution in [3.8, 4) is 0 Å². The van der Waals surface area contributed by atoms with Crippen molar-refractivity contribution in [2.45, 2.75) is 25.4 Å². The van der Waals surface area contributed by atoms with Gasteiger partial charge < -0.3 is 10.6 Å². The summed E-state index contributed by atoms with van der Waals surface area (Å²) in [5.74, 6) is 0.0962. The first-order valence-corrected chi connectivity index (χ1v) is 6.42. The molecule has 1 fully saturated rings. The Labute approximate surface area is 107 Å². The number of amides is 1. The van der Waals surface area contributed by atoms with Crippen molar-refractivity contribution in [2.75, 3.05) is 26.7 Å². The van der Waals surface area contributed by atoms with Gasteiger partial charge in [-0.05, 0) is 18.9 Å². The third-order valence-corrected chi connectivity index (χ3v) is 3.37. The number of likely N-dealkylation sites (tertiary alicyclic amines) is 1. The quantitative estimate of drug-likeness (QED) is 0.672. The average Bonchev–Trinajstić information content (AvgIpc) is 2.91. The van der Waals surface area contributed by atoms with Crippen LogP contribution in [0, 0.1) is 0 Å².